The van der Waals surface area contributed by atoms with Gasteiger partial charge in [0.2, 0.25) is 0 Å². The van der Waals surface area contributed by atoms with Crippen molar-refractivity contribution in [3.05, 3.63) is 69.9 Å². The first-order valence-electron chi connectivity index (χ1n) is 13.2. The van der Waals surface area contributed by atoms with Crippen molar-refractivity contribution in [2.24, 2.45) is 0 Å². The molecule has 3 aliphatic heterocycles. The first-order chi connectivity index (χ1) is 17.3. The maximum Gasteiger partial charge on any atom is 0.325 e. The number of rotatable bonds is 5. The number of likely N-dealkylation sites (N-methyl/N-ethyl adjacent to an activating group) is 1. The Balaban J connectivity index is 1.46. The number of ether oxygens (including phenoxy) is 2. The smallest absolute Gasteiger partial charge is 0.325 e. The molecule has 3 heterocycles. The molecule has 2 fully saturated rings. The van der Waals surface area contributed by atoms with Crippen molar-refractivity contribution in [1.82, 2.24) is 14.7 Å². The van der Waals surface area contributed by atoms with Crippen molar-refractivity contribution in [3.63, 3.8) is 0 Å². The van der Waals surface area contributed by atoms with Gasteiger partial charge < -0.3 is 14.4 Å². The molecule has 1 atom stereocenters. The first kappa shape index (κ1) is 24.7. The van der Waals surface area contributed by atoms with Gasteiger partial charge in [0, 0.05) is 49.4 Å². The van der Waals surface area contributed by atoms with Crippen LogP contribution in [0.3, 0.4) is 0 Å². The second-order valence-corrected chi connectivity index (χ2v) is 10.7. The molecule has 6 nitrogen and oxygen atoms in total. The van der Waals surface area contributed by atoms with Crippen molar-refractivity contribution >= 4 is 6.03 Å². The predicted molar refractivity (Wildman–Crippen MR) is 143 cm³/mol. The third-order valence-corrected chi connectivity index (χ3v) is 8.28. The summed E-state index contributed by atoms with van der Waals surface area (Å²) >= 11 is 0. The van der Waals surface area contributed by atoms with Gasteiger partial charge >= 0.3 is 6.03 Å². The average molecular weight is 490 g/mol. The van der Waals surface area contributed by atoms with Gasteiger partial charge in [-0.25, -0.2) is 4.79 Å². The molecular weight excluding hydrogens is 450 g/mol. The van der Waals surface area contributed by atoms with E-state index in [4.69, 9.17) is 9.47 Å². The van der Waals surface area contributed by atoms with E-state index in [9.17, 15) is 4.79 Å². The molecular formula is C30H39N3O3. The quantitative estimate of drug-likeness (QED) is 0.547. The van der Waals surface area contributed by atoms with Gasteiger partial charge in [-0.05, 0) is 50.8 Å². The Morgan fingerprint density at radius 1 is 1.00 bits per heavy atom. The van der Waals surface area contributed by atoms with Crippen LogP contribution in [0.2, 0.25) is 0 Å². The zero-order valence-corrected chi connectivity index (χ0v) is 22.6. The van der Waals surface area contributed by atoms with E-state index in [1.807, 2.05) is 11.0 Å². The summed E-state index contributed by atoms with van der Waals surface area (Å²) in [5, 5.41) is 0. The summed E-state index contributed by atoms with van der Waals surface area (Å²) < 4.78 is 11.3. The molecule has 192 valence electrons. The number of benzene rings is 2. The molecule has 2 aromatic rings. The molecule has 0 radical (unpaired) electrons. The van der Waals surface area contributed by atoms with Crippen molar-refractivity contribution in [2.45, 2.75) is 65.1 Å². The minimum atomic E-state index is -0.252. The molecule has 5 rings (SSSR count). The SMILES string of the molecule is CCN1C(=O)N2Cc3cc(OC)cc(OC)c3[C@@H](C)C=C2C12CCN(Cc1cc(C)cc(C)c1)CC2. The van der Waals surface area contributed by atoms with Crippen LogP contribution in [0.5, 0.6) is 11.5 Å². The van der Waals surface area contributed by atoms with Crippen LogP contribution in [-0.4, -0.2) is 60.1 Å². The van der Waals surface area contributed by atoms with Crippen LogP contribution < -0.4 is 9.47 Å². The summed E-state index contributed by atoms with van der Waals surface area (Å²) in [6, 6.07) is 11.0. The van der Waals surface area contributed by atoms with Crippen LogP contribution in [-0.2, 0) is 13.1 Å². The maximum absolute atomic E-state index is 13.8. The number of nitrogens with zero attached hydrogens (tertiary/aromatic N) is 3. The number of methoxy groups -OCH3 is 2. The van der Waals surface area contributed by atoms with E-state index in [1.54, 1.807) is 14.2 Å². The molecule has 0 N–H and O–H groups in total. The van der Waals surface area contributed by atoms with Crippen LogP contribution in [0, 0.1) is 13.8 Å². The normalized spacial score (nSPS) is 21.2. The number of likely N-dealkylation sites (tertiary alicyclic amines) is 1. The number of hydrogen-bond donors (Lipinski definition) is 0. The summed E-state index contributed by atoms with van der Waals surface area (Å²) in [5.41, 5.74) is 7.17. The number of fused-ring (bicyclic) bond motifs is 3. The van der Waals surface area contributed by atoms with Gasteiger partial charge in [0.25, 0.3) is 0 Å². The topological polar surface area (TPSA) is 45.3 Å². The minimum Gasteiger partial charge on any atom is -0.497 e. The van der Waals surface area contributed by atoms with E-state index in [0.717, 1.165) is 55.1 Å². The lowest BCUT2D eigenvalue weighted by atomic mass is 9.82. The highest BCUT2D eigenvalue weighted by Crippen LogP contribution is 2.49. The van der Waals surface area contributed by atoms with E-state index in [1.165, 1.54) is 22.4 Å². The van der Waals surface area contributed by atoms with Crippen molar-refractivity contribution < 1.29 is 14.3 Å². The van der Waals surface area contributed by atoms with Gasteiger partial charge in [0.15, 0.2) is 0 Å². The number of aryl methyl sites for hydroxylation is 2. The fourth-order valence-corrected chi connectivity index (χ4v) is 6.76. The number of amides is 2. The molecule has 2 aromatic carbocycles. The lowest BCUT2D eigenvalue weighted by molar-refractivity contribution is 0.0888. The molecule has 36 heavy (non-hydrogen) atoms. The monoisotopic (exact) mass is 489 g/mol. The number of allylic oxidation sites excluding steroid dienone is 1. The highest BCUT2D eigenvalue weighted by Gasteiger charge is 2.54. The third kappa shape index (κ3) is 4.05. The standard InChI is InChI=1S/C30H39N3O3/c1-7-33-29(34)32-19-24-16-25(35-5)17-26(36-6)28(24)22(4)15-27(32)30(33)8-10-31(11-9-30)18-23-13-20(2)12-21(3)14-23/h12-17,22H,7-11,18-19H2,1-6H3/t22-/m0/s1. The maximum atomic E-state index is 13.8. The van der Waals surface area contributed by atoms with Crippen LogP contribution in [0.25, 0.3) is 0 Å². The third-order valence-electron chi connectivity index (χ3n) is 8.28. The second-order valence-electron chi connectivity index (χ2n) is 10.7. The molecule has 1 spiro atoms. The van der Waals surface area contributed by atoms with Crippen molar-refractivity contribution in [1.29, 1.82) is 0 Å². The Morgan fingerprint density at radius 2 is 1.69 bits per heavy atom. The van der Waals surface area contributed by atoms with Crippen LogP contribution >= 0.6 is 0 Å². The number of carbonyl (C=O) groups excluding carboxylic acids is 1. The van der Waals surface area contributed by atoms with Gasteiger partial charge in [-0.15, -0.1) is 0 Å². The van der Waals surface area contributed by atoms with Crippen LogP contribution in [0.4, 0.5) is 4.79 Å². The molecule has 2 saturated heterocycles. The van der Waals surface area contributed by atoms with Gasteiger partial charge in [0.1, 0.15) is 11.5 Å². The van der Waals surface area contributed by atoms with E-state index in [2.05, 4.69) is 67.8 Å². The van der Waals surface area contributed by atoms with Crippen molar-refractivity contribution in [3.8, 4) is 11.5 Å². The van der Waals surface area contributed by atoms with Gasteiger partial charge in [-0.1, -0.05) is 42.3 Å². The van der Waals surface area contributed by atoms with Crippen LogP contribution in [0.1, 0.15) is 60.4 Å². The Kier molecular flexibility index (Phi) is 6.50. The fourth-order valence-electron chi connectivity index (χ4n) is 6.76. The van der Waals surface area contributed by atoms with Gasteiger partial charge in [-0.2, -0.15) is 0 Å². The summed E-state index contributed by atoms with van der Waals surface area (Å²) in [6.45, 7) is 12.8. The van der Waals surface area contributed by atoms with E-state index in [0.29, 0.717) is 13.1 Å². The lowest BCUT2D eigenvalue weighted by Gasteiger charge is -2.44. The minimum absolute atomic E-state index is 0.119. The molecule has 0 aromatic heterocycles. The Morgan fingerprint density at radius 3 is 2.31 bits per heavy atom. The largest absolute Gasteiger partial charge is 0.497 e. The van der Waals surface area contributed by atoms with Gasteiger partial charge in [-0.3, -0.25) is 9.80 Å². The fraction of sp³-hybridized carbons (Fsp3) is 0.500. The zero-order chi connectivity index (χ0) is 25.6. The highest BCUT2D eigenvalue weighted by atomic mass is 16.5. The Hall–Kier alpha value is -2.99. The van der Waals surface area contributed by atoms with E-state index in [-0.39, 0.29) is 17.5 Å². The van der Waals surface area contributed by atoms with E-state index < -0.39 is 0 Å². The second kappa shape index (κ2) is 9.47. The summed E-state index contributed by atoms with van der Waals surface area (Å²) in [5.74, 6) is 1.72. The number of urea groups is 1. The Bertz CT molecular complexity index is 1180. The molecule has 0 aliphatic carbocycles. The number of piperidine rings is 1. The van der Waals surface area contributed by atoms with Crippen LogP contribution in [0.15, 0.2) is 42.1 Å². The molecule has 3 aliphatic rings. The summed E-state index contributed by atoms with van der Waals surface area (Å²) in [6.07, 6.45) is 4.22. The highest BCUT2D eigenvalue weighted by molar-refractivity contribution is 5.83. The molecule has 0 saturated carbocycles. The first-order valence-corrected chi connectivity index (χ1v) is 13.2. The molecule has 2 amide bonds. The molecule has 0 bridgehead atoms. The predicted octanol–water partition coefficient (Wildman–Crippen LogP) is 5.61. The summed E-state index contributed by atoms with van der Waals surface area (Å²) in [7, 11) is 3.38. The summed E-state index contributed by atoms with van der Waals surface area (Å²) in [4.78, 5) is 20.5. The molecule has 0 unspecified atom stereocenters. The average Bonchev–Trinajstić information content (AvgIpc) is 2.95. The van der Waals surface area contributed by atoms with E-state index >= 15 is 0 Å². The van der Waals surface area contributed by atoms with Gasteiger partial charge in [0.05, 0.1) is 26.3 Å². The zero-order valence-electron chi connectivity index (χ0n) is 22.6. The van der Waals surface area contributed by atoms with Crippen molar-refractivity contribution in [2.75, 3.05) is 33.9 Å². The number of hydrogen-bond acceptors (Lipinski definition) is 4. The Labute approximate surface area is 215 Å². The number of carbonyl (C=O) groups is 1. The lowest BCUT2D eigenvalue weighted by Crippen LogP contribution is -2.53. The molecule has 6 heteroatoms.